The molecule has 0 aliphatic heterocycles. The molecule has 0 atom stereocenters. The number of carbonyl (C=O) groups excluding carboxylic acids is 1. The van der Waals surface area contributed by atoms with E-state index in [-0.39, 0.29) is 18.0 Å². The Bertz CT molecular complexity index is 1290. The fraction of sp³-hybridized carbons (Fsp3) is 0.167. The van der Waals surface area contributed by atoms with Crippen molar-refractivity contribution in [3.63, 3.8) is 0 Å². The van der Waals surface area contributed by atoms with Gasteiger partial charge in [0.15, 0.2) is 0 Å². The van der Waals surface area contributed by atoms with Gasteiger partial charge in [0.05, 0.1) is 11.1 Å². The molecule has 0 N–H and O–H groups in total. The molecule has 0 fully saturated rings. The maximum absolute atomic E-state index is 13.1. The average molecular weight is 433 g/mol. The minimum atomic E-state index is -0.287. The number of rotatable bonds is 6. The van der Waals surface area contributed by atoms with E-state index in [2.05, 4.69) is 10.1 Å². The van der Waals surface area contributed by atoms with E-state index in [1.165, 1.54) is 4.68 Å². The Morgan fingerprint density at radius 1 is 1.03 bits per heavy atom. The molecule has 0 unspecified atom stereocenters. The number of hydrogen-bond acceptors (Lipinski definition) is 4. The van der Waals surface area contributed by atoms with E-state index < -0.39 is 0 Å². The fourth-order valence-electron chi connectivity index (χ4n) is 3.60. The number of halogens is 1. The molecule has 156 valence electrons. The number of likely N-dealkylation sites (N-methyl/N-ethyl adjacent to an activating group) is 1. The third kappa shape index (κ3) is 4.49. The summed E-state index contributed by atoms with van der Waals surface area (Å²) in [6.45, 7) is 2.17. The fourth-order valence-corrected chi connectivity index (χ4v) is 3.78. The largest absolute Gasteiger partial charge is 0.311 e. The predicted molar refractivity (Wildman–Crippen MR) is 123 cm³/mol. The first kappa shape index (κ1) is 20.8. The van der Waals surface area contributed by atoms with Gasteiger partial charge in [0.25, 0.3) is 5.56 Å². The second-order valence-corrected chi connectivity index (χ2v) is 7.54. The highest BCUT2D eigenvalue weighted by Gasteiger charge is 2.18. The smallest absolute Gasteiger partial charge is 0.275 e. The maximum atomic E-state index is 13.1. The van der Waals surface area contributed by atoms with E-state index in [9.17, 15) is 9.59 Å². The lowest BCUT2D eigenvalue weighted by Crippen LogP contribution is -2.37. The van der Waals surface area contributed by atoms with Crippen LogP contribution in [0.25, 0.3) is 10.8 Å². The van der Waals surface area contributed by atoms with E-state index in [4.69, 9.17) is 11.6 Å². The van der Waals surface area contributed by atoms with Crippen LogP contribution in [-0.4, -0.2) is 27.2 Å². The van der Waals surface area contributed by atoms with Gasteiger partial charge in [0, 0.05) is 41.5 Å². The van der Waals surface area contributed by atoms with Crippen LogP contribution >= 0.6 is 11.6 Å². The number of hydrogen-bond donors (Lipinski definition) is 0. The molecule has 0 saturated carbocycles. The summed E-state index contributed by atoms with van der Waals surface area (Å²) >= 11 is 6.09. The Balaban J connectivity index is 1.72. The molecule has 6 nitrogen and oxygen atoms in total. The van der Waals surface area contributed by atoms with Gasteiger partial charge in [-0.05, 0) is 48.9 Å². The summed E-state index contributed by atoms with van der Waals surface area (Å²) in [5.74, 6) is -0.232. The lowest BCUT2D eigenvalue weighted by molar-refractivity contribution is -0.119. The number of pyridine rings is 1. The molecule has 2 aromatic carbocycles. The third-order valence-electron chi connectivity index (χ3n) is 5.09. The number of benzene rings is 2. The minimum absolute atomic E-state index is 0.159. The van der Waals surface area contributed by atoms with Crippen LogP contribution in [0.2, 0.25) is 5.02 Å². The highest BCUT2D eigenvalue weighted by molar-refractivity contribution is 6.30. The van der Waals surface area contributed by atoms with Gasteiger partial charge in [-0.1, -0.05) is 35.9 Å². The highest BCUT2D eigenvalue weighted by Crippen LogP contribution is 2.20. The summed E-state index contributed by atoms with van der Waals surface area (Å²) in [6.07, 6.45) is 3.98. The lowest BCUT2D eigenvalue weighted by atomic mass is 10.1. The van der Waals surface area contributed by atoms with Gasteiger partial charge >= 0.3 is 0 Å². The van der Waals surface area contributed by atoms with Crippen LogP contribution in [0.1, 0.15) is 18.2 Å². The average Bonchev–Trinajstić information content (AvgIpc) is 2.78. The second-order valence-electron chi connectivity index (χ2n) is 7.11. The molecule has 0 aliphatic carbocycles. The molecule has 2 heterocycles. The van der Waals surface area contributed by atoms with Gasteiger partial charge in [-0.15, -0.1) is 0 Å². The van der Waals surface area contributed by atoms with Crippen LogP contribution < -0.4 is 10.5 Å². The number of amides is 1. The molecule has 0 radical (unpaired) electrons. The Hall–Kier alpha value is -3.51. The summed E-state index contributed by atoms with van der Waals surface area (Å²) in [5, 5.41) is 6.45. The lowest BCUT2D eigenvalue weighted by Gasteiger charge is -2.22. The van der Waals surface area contributed by atoms with Crippen molar-refractivity contribution in [3.05, 3.63) is 99.7 Å². The molecule has 0 saturated heterocycles. The van der Waals surface area contributed by atoms with Crippen molar-refractivity contribution in [2.24, 2.45) is 0 Å². The molecule has 0 aliphatic rings. The first-order chi connectivity index (χ1) is 15.1. The van der Waals surface area contributed by atoms with E-state index >= 15 is 0 Å². The van der Waals surface area contributed by atoms with Crippen molar-refractivity contribution in [1.82, 2.24) is 14.8 Å². The minimum Gasteiger partial charge on any atom is -0.311 e. The molecular weight excluding hydrogens is 412 g/mol. The van der Waals surface area contributed by atoms with Crippen molar-refractivity contribution in [1.29, 1.82) is 0 Å². The first-order valence-corrected chi connectivity index (χ1v) is 10.4. The van der Waals surface area contributed by atoms with Crippen LogP contribution in [-0.2, 0) is 17.8 Å². The molecular formula is C24H21ClN4O2. The van der Waals surface area contributed by atoms with Gasteiger partial charge in [-0.25, -0.2) is 4.68 Å². The number of fused-ring (bicyclic) bond motifs is 1. The van der Waals surface area contributed by atoms with Crippen molar-refractivity contribution in [3.8, 4) is 0 Å². The van der Waals surface area contributed by atoms with Crippen LogP contribution in [0.5, 0.6) is 0 Å². The van der Waals surface area contributed by atoms with Crippen LogP contribution in [0.4, 0.5) is 5.69 Å². The second kappa shape index (κ2) is 9.10. The monoisotopic (exact) mass is 432 g/mol. The maximum Gasteiger partial charge on any atom is 0.275 e. The Morgan fingerprint density at radius 2 is 1.77 bits per heavy atom. The van der Waals surface area contributed by atoms with E-state index in [0.717, 1.165) is 16.6 Å². The molecule has 7 heteroatoms. The zero-order valence-electron chi connectivity index (χ0n) is 17.0. The standard InChI is InChI=1S/C24H21ClN4O2/c1-2-28(19-7-5-6-18(25)15-19)23(30)16-29-24(31)21-9-4-3-8-20(21)22(27-29)14-17-10-12-26-13-11-17/h3-13,15H,2,14,16H2,1H3. The summed E-state index contributed by atoms with van der Waals surface area (Å²) in [7, 11) is 0. The molecule has 4 aromatic rings. The van der Waals surface area contributed by atoms with Crippen LogP contribution in [0.15, 0.2) is 77.9 Å². The molecule has 31 heavy (non-hydrogen) atoms. The predicted octanol–water partition coefficient (Wildman–Crippen LogP) is 4.09. The van der Waals surface area contributed by atoms with Crippen LogP contribution in [0.3, 0.4) is 0 Å². The SMILES string of the molecule is CCN(C(=O)Cn1nc(Cc2ccncc2)c2ccccc2c1=O)c1cccc(Cl)c1. The van der Waals surface area contributed by atoms with E-state index in [1.54, 1.807) is 41.6 Å². The first-order valence-electron chi connectivity index (χ1n) is 10.0. The summed E-state index contributed by atoms with van der Waals surface area (Å²) in [5.41, 5.74) is 2.16. The number of nitrogens with zero attached hydrogens (tertiary/aromatic N) is 4. The van der Waals surface area contributed by atoms with Gasteiger partial charge < -0.3 is 4.90 Å². The number of anilines is 1. The Morgan fingerprint density at radius 3 is 2.48 bits per heavy atom. The highest BCUT2D eigenvalue weighted by atomic mass is 35.5. The number of aromatic nitrogens is 3. The van der Waals surface area contributed by atoms with Gasteiger partial charge in [-0.3, -0.25) is 14.6 Å². The molecule has 2 aromatic heterocycles. The quantitative estimate of drug-likeness (QED) is 0.460. The van der Waals surface area contributed by atoms with E-state index in [0.29, 0.717) is 29.1 Å². The molecule has 0 bridgehead atoms. The Kier molecular flexibility index (Phi) is 6.09. The van der Waals surface area contributed by atoms with E-state index in [1.807, 2.05) is 43.3 Å². The normalized spacial score (nSPS) is 10.9. The molecule has 4 rings (SSSR count). The van der Waals surface area contributed by atoms with Crippen molar-refractivity contribution >= 4 is 34.0 Å². The molecule has 1 amide bonds. The Labute approximate surface area is 184 Å². The van der Waals surface area contributed by atoms with Crippen LogP contribution in [0, 0.1) is 0 Å². The zero-order valence-corrected chi connectivity index (χ0v) is 17.8. The topological polar surface area (TPSA) is 68.1 Å². The van der Waals surface area contributed by atoms with Crippen molar-refractivity contribution < 1.29 is 4.79 Å². The van der Waals surface area contributed by atoms with Crippen molar-refractivity contribution in [2.75, 3.05) is 11.4 Å². The van der Waals surface area contributed by atoms with Gasteiger partial charge in [0.1, 0.15) is 6.54 Å². The van der Waals surface area contributed by atoms with Crippen molar-refractivity contribution in [2.45, 2.75) is 19.9 Å². The summed E-state index contributed by atoms with van der Waals surface area (Å²) in [6, 6.07) is 18.3. The van der Waals surface area contributed by atoms with Gasteiger partial charge in [-0.2, -0.15) is 5.10 Å². The number of carbonyl (C=O) groups is 1. The molecule has 0 spiro atoms. The summed E-state index contributed by atoms with van der Waals surface area (Å²) in [4.78, 5) is 31.8. The zero-order chi connectivity index (χ0) is 21.8. The van der Waals surface area contributed by atoms with Gasteiger partial charge in [0.2, 0.25) is 5.91 Å². The summed E-state index contributed by atoms with van der Waals surface area (Å²) < 4.78 is 1.26. The third-order valence-corrected chi connectivity index (χ3v) is 5.32.